The molecule has 0 bridgehead atoms. The van der Waals surface area contributed by atoms with Crippen LogP contribution in [0.2, 0.25) is 0 Å². The number of amides is 1. The van der Waals surface area contributed by atoms with E-state index < -0.39 is 0 Å². The third-order valence-electron chi connectivity index (χ3n) is 4.02. The van der Waals surface area contributed by atoms with Crippen molar-refractivity contribution in [2.45, 2.75) is 20.4 Å². The lowest BCUT2D eigenvalue weighted by Crippen LogP contribution is -2.23. The normalized spacial score (nSPS) is 10.4. The molecule has 1 heterocycles. The first-order valence-electron chi connectivity index (χ1n) is 9.29. The number of hydrogen-bond donors (Lipinski definition) is 1. The summed E-state index contributed by atoms with van der Waals surface area (Å²) in [6, 6.07) is 12.4. The average molecular weight is 397 g/mol. The zero-order valence-electron chi connectivity index (χ0n) is 16.6. The Kier molecular flexibility index (Phi) is 6.67. The first kappa shape index (κ1) is 20.2. The predicted molar refractivity (Wildman–Crippen MR) is 106 cm³/mol. The first-order valence-corrected chi connectivity index (χ1v) is 9.29. The summed E-state index contributed by atoms with van der Waals surface area (Å²) in [5.41, 5.74) is 1.24. The van der Waals surface area contributed by atoms with Crippen LogP contribution in [0.25, 0.3) is 11.4 Å². The van der Waals surface area contributed by atoms with E-state index >= 15 is 0 Å². The van der Waals surface area contributed by atoms with E-state index in [-0.39, 0.29) is 12.5 Å². The van der Waals surface area contributed by atoms with E-state index in [4.69, 9.17) is 18.7 Å². The van der Waals surface area contributed by atoms with Crippen molar-refractivity contribution in [3.8, 4) is 28.6 Å². The minimum Gasteiger partial charge on any atom is -0.497 e. The van der Waals surface area contributed by atoms with Crippen LogP contribution in [0.4, 0.5) is 0 Å². The number of ether oxygens (including phenoxy) is 3. The summed E-state index contributed by atoms with van der Waals surface area (Å²) < 4.78 is 21.4. The second-order valence-electron chi connectivity index (χ2n) is 5.95. The number of nitrogens with one attached hydrogen (secondary N) is 1. The van der Waals surface area contributed by atoms with Crippen LogP contribution in [0.15, 0.2) is 47.0 Å². The quantitative estimate of drug-likeness (QED) is 0.590. The molecule has 8 heteroatoms. The van der Waals surface area contributed by atoms with Crippen LogP contribution in [0.1, 0.15) is 30.1 Å². The summed E-state index contributed by atoms with van der Waals surface area (Å²) in [6.07, 6.45) is 0. The molecule has 0 saturated heterocycles. The smallest absolute Gasteiger partial charge is 0.251 e. The van der Waals surface area contributed by atoms with Gasteiger partial charge in [0.15, 0.2) is 11.5 Å². The molecule has 0 radical (unpaired) electrons. The summed E-state index contributed by atoms with van der Waals surface area (Å²) >= 11 is 0. The number of rotatable bonds is 9. The fraction of sp³-hybridized carbons (Fsp3) is 0.286. The van der Waals surface area contributed by atoms with Crippen molar-refractivity contribution < 1.29 is 23.5 Å². The van der Waals surface area contributed by atoms with Crippen molar-refractivity contribution in [2.75, 3.05) is 20.3 Å². The fourth-order valence-corrected chi connectivity index (χ4v) is 2.63. The molecule has 0 aliphatic heterocycles. The molecule has 3 rings (SSSR count). The lowest BCUT2D eigenvalue weighted by molar-refractivity contribution is 0.0945. The maximum Gasteiger partial charge on any atom is 0.251 e. The van der Waals surface area contributed by atoms with Gasteiger partial charge in [0.25, 0.3) is 5.91 Å². The Morgan fingerprint density at radius 2 is 1.76 bits per heavy atom. The Balaban J connectivity index is 1.64. The third kappa shape index (κ3) is 5.04. The van der Waals surface area contributed by atoms with E-state index in [1.807, 2.05) is 38.1 Å². The SMILES string of the molecule is CCOc1ccc(C(=O)NCc2nc(-c3ccc(OC)cc3)no2)cc1OCC. The second kappa shape index (κ2) is 9.59. The maximum atomic E-state index is 12.5. The molecule has 0 unspecified atom stereocenters. The van der Waals surface area contributed by atoms with Crippen molar-refractivity contribution in [3.63, 3.8) is 0 Å². The van der Waals surface area contributed by atoms with Crippen molar-refractivity contribution in [3.05, 3.63) is 53.9 Å². The zero-order chi connectivity index (χ0) is 20.6. The molecule has 3 aromatic rings. The second-order valence-corrected chi connectivity index (χ2v) is 5.95. The number of aromatic nitrogens is 2. The minimum atomic E-state index is -0.279. The topological polar surface area (TPSA) is 95.7 Å². The highest BCUT2D eigenvalue weighted by Crippen LogP contribution is 2.28. The molecule has 1 amide bonds. The Hall–Kier alpha value is -3.55. The largest absolute Gasteiger partial charge is 0.497 e. The first-order chi connectivity index (χ1) is 14.1. The Bertz CT molecular complexity index is 953. The molecular weight excluding hydrogens is 374 g/mol. The average Bonchev–Trinajstić information content (AvgIpc) is 3.22. The van der Waals surface area contributed by atoms with Crippen LogP contribution in [-0.2, 0) is 6.54 Å². The van der Waals surface area contributed by atoms with Gasteiger partial charge in [-0.05, 0) is 56.3 Å². The Morgan fingerprint density at radius 1 is 1.03 bits per heavy atom. The molecule has 1 N–H and O–H groups in total. The molecule has 0 fully saturated rings. The highest BCUT2D eigenvalue weighted by molar-refractivity contribution is 5.94. The number of nitrogens with zero attached hydrogens (tertiary/aromatic N) is 2. The van der Waals surface area contributed by atoms with Crippen LogP contribution < -0.4 is 19.5 Å². The number of hydrogen-bond acceptors (Lipinski definition) is 7. The lowest BCUT2D eigenvalue weighted by Gasteiger charge is -2.12. The molecule has 8 nitrogen and oxygen atoms in total. The summed E-state index contributed by atoms with van der Waals surface area (Å²) in [7, 11) is 1.60. The van der Waals surface area contributed by atoms with Gasteiger partial charge in [-0.2, -0.15) is 4.98 Å². The monoisotopic (exact) mass is 397 g/mol. The lowest BCUT2D eigenvalue weighted by atomic mass is 10.2. The van der Waals surface area contributed by atoms with Crippen LogP contribution in [-0.4, -0.2) is 36.4 Å². The van der Waals surface area contributed by atoms with Crippen LogP contribution >= 0.6 is 0 Å². The van der Waals surface area contributed by atoms with Gasteiger partial charge >= 0.3 is 0 Å². The summed E-state index contributed by atoms with van der Waals surface area (Å²) in [5.74, 6) is 2.34. The fourth-order valence-electron chi connectivity index (χ4n) is 2.63. The van der Waals surface area contributed by atoms with Gasteiger partial charge in [0.05, 0.1) is 26.9 Å². The number of carbonyl (C=O) groups excluding carboxylic acids is 1. The molecule has 0 spiro atoms. The highest BCUT2D eigenvalue weighted by atomic mass is 16.5. The number of carbonyl (C=O) groups is 1. The summed E-state index contributed by atoms with van der Waals surface area (Å²) in [4.78, 5) is 16.8. The van der Waals surface area contributed by atoms with Gasteiger partial charge < -0.3 is 24.1 Å². The van der Waals surface area contributed by atoms with Crippen LogP contribution in [0.3, 0.4) is 0 Å². The van der Waals surface area contributed by atoms with E-state index in [9.17, 15) is 4.79 Å². The van der Waals surface area contributed by atoms with Gasteiger partial charge in [0, 0.05) is 11.1 Å². The highest BCUT2D eigenvalue weighted by Gasteiger charge is 2.14. The van der Waals surface area contributed by atoms with Crippen LogP contribution in [0, 0.1) is 0 Å². The van der Waals surface area contributed by atoms with Crippen LogP contribution in [0.5, 0.6) is 17.2 Å². The van der Waals surface area contributed by atoms with Gasteiger partial charge in [0.2, 0.25) is 11.7 Å². The predicted octanol–water partition coefficient (Wildman–Crippen LogP) is 3.47. The van der Waals surface area contributed by atoms with Crippen molar-refractivity contribution in [1.29, 1.82) is 0 Å². The molecule has 0 aliphatic carbocycles. The molecule has 0 atom stereocenters. The van der Waals surface area contributed by atoms with Crippen molar-refractivity contribution >= 4 is 5.91 Å². The van der Waals surface area contributed by atoms with E-state index in [0.29, 0.717) is 42.0 Å². The molecule has 1 aromatic heterocycles. The Labute approximate surface area is 168 Å². The zero-order valence-corrected chi connectivity index (χ0v) is 16.6. The molecule has 2 aromatic carbocycles. The Morgan fingerprint density at radius 3 is 2.45 bits per heavy atom. The summed E-state index contributed by atoms with van der Waals surface area (Å²) in [6.45, 7) is 4.86. The van der Waals surface area contributed by atoms with E-state index in [1.54, 1.807) is 25.3 Å². The standard InChI is InChI=1S/C21H23N3O5/c1-4-27-17-11-8-15(12-18(17)28-5-2)21(25)22-13-19-23-20(24-29-19)14-6-9-16(26-3)10-7-14/h6-12H,4-5,13H2,1-3H3,(H,22,25). The number of methoxy groups -OCH3 is 1. The van der Waals surface area contributed by atoms with Crippen molar-refractivity contribution in [2.24, 2.45) is 0 Å². The molecule has 0 saturated carbocycles. The van der Waals surface area contributed by atoms with Gasteiger partial charge in [-0.15, -0.1) is 0 Å². The van der Waals surface area contributed by atoms with E-state index in [1.165, 1.54) is 0 Å². The van der Waals surface area contributed by atoms with Gasteiger partial charge in [0.1, 0.15) is 5.75 Å². The third-order valence-corrected chi connectivity index (χ3v) is 4.02. The van der Waals surface area contributed by atoms with E-state index in [0.717, 1.165) is 11.3 Å². The van der Waals surface area contributed by atoms with E-state index in [2.05, 4.69) is 15.5 Å². The minimum absolute atomic E-state index is 0.110. The molecule has 0 aliphatic rings. The van der Waals surface area contributed by atoms with Gasteiger partial charge in [-0.3, -0.25) is 4.79 Å². The van der Waals surface area contributed by atoms with Gasteiger partial charge in [-0.25, -0.2) is 0 Å². The molecule has 29 heavy (non-hydrogen) atoms. The maximum absolute atomic E-state index is 12.5. The number of benzene rings is 2. The van der Waals surface area contributed by atoms with Gasteiger partial charge in [-0.1, -0.05) is 5.16 Å². The molecule has 152 valence electrons. The molecular formula is C21H23N3O5. The summed E-state index contributed by atoms with van der Waals surface area (Å²) in [5, 5.41) is 6.72. The van der Waals surface area contributed by atoms with Crippen molar-refractivity contribution in [1.82, 2.24) is 15.5 Å².